The number of benzene rings is 1. The first-order valence-electron chi connectivity index (χ1n) is 7.38. The molecule has 2 atom stereocenters. The van der Waals surface area contributed by atoms with Crippen molar-refractivity contribution in [3.8, 4) is 5.75 Å². The summed E-state index contributed by atoms with van der Waals surface area (Å²) in [4.78, 5) is 14.4. The summed E-state index contributed by atoms with van der Waals surface area (Å²) in [7, 11) is 1.44. The molecule has 1 aliphatic rings. The predicted molar refractivity (Wildman–Crippen MR) is 79.6 cm³/mol. The molecule has 1 saturated heterocycles. The minimum Gasteiger partial charge on any atom is -0.494 e. The molecule has 1 fully saturated rings. The van der Waals surface area contributed by atoms with Gasteiger partial charge in [0.15, 0.2) is 11.6 Å². The van der Waals surface area contributed by atoms with E-state index in [1.165, 1.54) is 13.2 Å². The maximum absolute atomic E-state index is 13.7. The predicted octanol–water partition coefficient (Wildman–Crippen LogP) is 2.04. The lowest BCUT2D eigenvalue weighted by molar-refractivity contribution is -0.136. The van der Waals surface area contributed by atoms with Crippen molar-refractivity contribution in [2.24, 2.45) is 11.8 Å². The fraction of sp³-hybridized carbons (Fsp3) is 0.562. The number of carbonyl (C=O) groups is 1. The van der Waals surface area contributed by atoms with Crippen molar-refractivity contribution in [3.05, 3.63) is 29.6 Å². The Bertz CT molecular complexity index is 507. The van der Waals surface area contributed by atoms with E-state index in [0.717, 1.165) is 18.7 Å². The molecule has 1 heterocycles. The van der Waals surface area contributed by atoms with Crippen LogP contribution in [0.1, 0.15) is 19.4 Å². The van der Waals surface area contributed by atoms with Gasteiger partial charge in [0, 0.05) is 19.6 Å². The number of hydrogen-bond acceptors (Lipinski definition) is 3. The number of hydrogen-bond donors (Lipinski definition) is 1. The second kappa shape index (κ2) is 6.89. The molecule has 5 heteroatoms. The molecule has 1 aliphatic heterocycles. The van der Waals surface area contributed by atoms with Crippen LogP contribution in [0, 0.1) is 17.7 Å². The lowest BCUT2D eigenvalue weighted by Gasteiger charge is -2.26. The quantitative estimate of drug-likeness (QED) is 0.903. The maximum Gasteiger partial charge on any atom is 0.227 e. The van der Waals surface area contributed by atoms with E-state index in [4.69, 9.17) is 4.74 Å². The topological polar surface area (TPSA) is 41.6 Å². The zero-order valence-electron chi connectivity index (χ0n) is 12.9. The number of carbonyl (C=O) groups excluding carboxylic acids is 1. The van der Waals surface area contributed by atoms with Crippen molar-refractivity contribution in [2.75, 3.05) is 26.7 Å². The molecule has 1 aromatic carbocycles. The number of nitrogens with zero attached hydrogens (tertiary/aromatic N) is 1. The molecule has 0 unspecified atom stereocenters. The second-order valence-corrected chi connectivity index (χ2v) is 5.56. The zero-order valence-corrected chi connectivity index (χ0v) is 12.9. The lowest BCUT2D eigenvalue weighted by atomic mass is 9.96. The van der Waals surface area contributed by atoms with Gasteiger partial charge in [0.2, 0.25) is 5.91 Å². The van der Waals surface area contributed by atoms with E-state index in [1.807, 2.05) is 6.92 Å². The van der Waals surface area contributed by atoms with E-state index < -0.39 is 5.82 Å². The SMILES string of the molecule is CCN(Cc1ccc(OC)c(F)c1)C(=O)[C@@H]1CNC[C@H]1C. The standard InChI is InChI=1S/C16H23FN2O2/c1-4-19(16(20)13-9-18-8-11(13)2)10-12-5-6-15(21-3)14(17)7-12/h5-7,11,13,18H,4,8-10H2,1-3H3/t11-,13-/m1/s1. The van der Waals surface area contributed by atoms with E-state index in [2.05, 4.69) is 12.2 Å². The molecule has 0 radical (unpaired) electrons. The number of methoxy groups -OCH3 is 1. The van der Waals surface area contributed by atoms with E-state index in [0.29, 0.717) is 19.0 Å². The van der Waals surface area contributed by atoms with Crippen LogP contribution in [-0.2, 0) is 11.3 Å². The Labute approximate surface area is 125 Å². The molecule has 0 bridgehead atoms. The third kappa shape index (κ3) is 3.53. The van der Waals surface area contributed by atoms with Gasteiger partial charge in [0.25, 0.3) is 0 Å². The molecule has 21 heavy (non-hydrogen) atoms. The number of ether oxygens (including phenoxy) is 1. The fourth-order valence-corrected chi connectivity index (χ4v) is 2.75. The summed E-state index contributed by atoms with van der Waals surface area (Å²) < 4.78 is 18.6. The van der Waals surface area contributed by atoms with Gasteiger partial charge in [-0.1, -0.05) is 13.0 Å². The van der Waals surface area contributed by atoms with Crippen LogP contribution >= 0.6 is 0 Å². The van der Waals surface area contributed by atoms with Crippen molar-refractivity contribution in [1.29, 1.82) is 0 Å². The van der Waals surface area contributed by atoms with Gasteiger partial charge in [-0.15, -0.1) is 0 Å². The van der Waals surface area contributed by atoms with Gasteiger partial charge in [0.05, 0.1) is 13.0 Å². The molecular weight excluding hydrogens is 271 g/mol. The Morgan fingerprint density at radius 2 is 2.24 bits per heavy atom. The smallest absolute Gasteiger partial charge is 0.227 e. The third-order valence-corrected chi connectivity index (χ3v) is 4.12. The average Bonchev–Trinajstić information content (AvgIpc) is 2.90. The number of halogens is 1. The molecule has 1 amide bonds. The highest BCUT2D eigenvalue weighted by Gasteiger charge is 2.32. The van der Waals surface area contributed by atoms with E-state index >= 15 is 0 Å². The maximum atomic E-state index is 13.7. The summed E-state index contributed by atoms with van der Waals surface area (Å²) in [6.45, 7) is 6.70. The summed E-state index contributed by atoms with van der Waals surface area (Å²) in [5.74, 6) is 0.342. The minimum atomic E-state index is -0.394. The Morgan fingerprint density at radius 1 is 1.48 bits per heavy atom. The fourth-order valence-electron chi connectivity index (χ4n) is 2.75. The van der Waals surface area contributed by atoms with Gasteiger partial charge in [0.1, 0.15) is 0 Å². The molecule has 0 aromatic heterocycles. The van der Waals surface area contributed by atoms with Gasteiger partial charge >= 0.3 is 0 Å². The first-order chi connectivity index (χ1) is 10.1. The molecule has 0 aliphatic carbocycles. The van der Waals surface area contributed by atoms with Crippen LogP contribution in [0.5, 0.6) is 5.75 Å². The van der Waals surface area contributed by atoms with Gasteiger partial charge in [-0.2, -0.15) is 0 Å². The van der Waals surface area contributed by atoms with E-state index in [1.54, 1.807) is 17.0 Å². The monoisotopic (exact) mass is 294 g/mol. The summed E-state index contributed by atoms with van der Waals surface area (Å²) in [5.41, 5.74) is 0.780. The van der Waals surface area contributed by atoms with Crippen LogP contribution in [0.15, 0.2) is 18.2 Å². The van der Waals surface area contributed by atoms with Crippen molar-refractivity contribution in [2.45, 2.75) is 20.4 Å². The first kappa shape index (κ1) is 15.8. The van der Waals surface area contributed by atoms with Gasteiger partial charge < -0.3 is 15.0 Å². The summed E-state index contributed by atoms with van der Waals surface area (Å²) >= 11 is 0. The molecule has 0 spiro atoms. The van der Waals surface area contributed by atoms with Crippen LogP contribution in [0.4, 0.5) is 4.39 Å². The zero-order chi connectivity index (χ0) is 15.4. The molecule has 4 nitrogen and oxygen atoms in total. The molecule has 2 rings (SSSR count). The summed E-state index contributed by atoms with van der Waals surface area (Å²) in [5, 5.41) is 3.25. The molecule has 1 aromatic rings. The van der Waals surface area contributed by atoms with Crippen molar-refractivity contribution in [1.82, 2.24) is 10.2 Å². The Balaban J connectivity index is 2.08. The van der Waals surface area contributed by atoms with Gasteiger partial charge in [-0.25, -0.2) is 4.39 Å². The largest absolute Gasteiger partial charge is 0.494 e. The van der Waals surface area contributed by atoms with Crippen molar-refractivity contribution in [3.63, 3.8) is 0 Å². The van der Waals surface area contributed by atoms with Crippen LogP contribution in [0.25, 0.3) is 0 Å². The van der Waals surface area contributed by atoms with Crippen LogP contribution < -0.4 is 10.1 Å². The molecular formula is C16H23FN2O2. The van der Waals surface area contributed by atoms with Gasteiger partial charge in [-0.3, -0.25) is 4.79 Å². The highest BCUT2D eigenvalue weighted by molar-refractivity contribution is 5.79. The Kier molecular flexibility index (Phi) is 5.17. The van der Waals surface area contributed by atoms with E-state index in [-0.39, 0.29) is 17.6 Å². The lowest BCUT2D eigenvalue weighted by Crippen LogP contribution is -2.38. The second-order valence-electron chi connectivity index (χ2n) is 5.56. The van der Waals surface area contributed by atoms with Crippen molar-refractivity contribution < 1.29 is 13.9 Å². The van der Waals surface area contributed by atoms with Crippen LogP contribution in [0.3, 0.4) is 0 Å². The Morgan fingerprint density at radius 3 is 2.76 bits per heavy atom. The normalized spacial score (nSPS) is 21.3. The summed E-state index contributed by atoms with van der Waals surface area (Å²) in [6, 6.07) is 4.84. The van der Waals surface area contributed by atoms with Gasteiger partial charge in [-0.05, 0) is 37.1 Å². The van der Waals surface area contributed by atoms with E-state index in [9.17, 15) is 9.18 Å². The Hall–Kier alpha value is -1.62. The third-order valence-electron chi connectivity index (χ3n) is 4.12. The van der Waals surface area contributed by atoms with Crippen molar-refractivity contribution >= 4 is 5.91 Å². The number of rotatable bonds is 5. The first-order valence-corrected chi connectivity index (χ1v) is 7.38. The highest BCUT2D eigenvalue weighted by atomic mass is 19.1. The molecule has 1 N–H and O–H groups in total. The van der Waals surface area contributed by atoms with Crippen LogP contribution in [0.2, 0.25) is 0 Å². The molecule has 116 valence electrons. The number of amides is 1. The number of nitrogens with one attached hydrogen (secondary N) is 1. The summed E-state index contributed by atoms with van der Waals surface area (Å²) in [6.07, 6.45) is 0. The highest BCUT2D eigenvalue weighted by Crippen LogP contribution is 2.22. The average molecular weight is 294 g/mol. The van der Waals surface area contributed by atoms with Crippen LogP contribution in [-0.4, -0.2) is 37.6 Å². The minimum absolute atomic E-state index is 0.0213. The molecule has 0 saturated carbocycles.